The number of carbonyl (C=O) groups excluding carboxylic acids is 2. The second kappa shape index (κ2) is 6.70. The van der Waals surface area contributed by atoms with Crippen LogP contribution < -0.4 is 0 Å². The van der Waals surface area contributed by atoms with Gasteiger partial charge in [-0.3, -0.25) is 4.79 Å². The van der Waals surface area contributed by atoms with Crippen LogP contribution in [0.3, 0.4) is 0 Å². The standard InChI is InChI=1S/C22H16O5/c23-18-12-6-5-11-17(18)22(26)27-21-16-10-4-3-9-15(16)19(24)13-7-1-2-8-14(13)20(21)25/h1-12,20-21,23,25H/t20-,21-/m0/s1. The van der Waals surface area contributed by atoms with Crippen LogP contribution in [0.5, 0.6) is 5.75 Å². The summed E-state index contributed by atoms with van der Waals surface area (Å²) in [5.74, 6) is -1.23. The van der Waals surface area contributed by atoms with Gasteiger partial charge < -0.3 is 14.9 Å². The van der Waals surface area contributed by atoms with Gasteiger partial charge in [0.15, 0.2) is 11.9 Å². The van der Waals surface area contributed by atoms with Gasteiger partial charge in [0.05, 0.1) is 0 Å². The van der Waals surface area contributed by atoms with Crippen LogP contribution in [0.1, 0.15) is 49.6 Å². The molecule has 0 aliphatic heterocycles. The summed E-state index contributed by atoms with van der Waals surface area (Å²) < 4.78 is 5.58. The molecule has 27 heavy (non-hydrogen) atoms. The van der Waals surface area contributed by atoms with Gasteiger partial charge in [-0.2, -0.15) is 0 Å². The van der Waals surface area contributed by atoms with Crippen molar-refractivity contribution in [3.8, 4) is 5.75 Å². The topological polar surface area (TPSA) is 83.8 Å². The number of phenols is 1. The molecule has 1 aliphatic carbocycles. The number of aliphatic hydroxyl groups excluding tert-OH is 1. The summed E-state index contributed by atoms with van der Waals surface area (Å²) in [5, 5.41) is 20.8. The molecule has 0 unspecified atom stereocenters. The molecule has 2 N–H and O–H groups in total. The van der Waals surface area contributed by atoms with E-state index in [-0.39, 0.29) is 17.1 Å². The van der Waals surface area contributed by atoms with Gasteiger partial charge in [-0.15, -0.1) is 0 Å². The van der Waals surface area contributed by atoms with E-state index in [9.17, 15) is 19.8 Å². The maximum atomic E-state index is 12.9. The first-order chi connectivity index (χ1) is 13.1. The number of hydrogen-bond donors (Lipinski definition) is 2. The van der Waals surface area contributed by atoms with E-state index in [4.69, 9.17) is 4.74 Å². The van der Waals surface area contributed by atoms with Gasteiger partial charge in [-0.1, -0.05) is 60.7 Å². The van der Waals surface area contributed by atoms with Gasteiger partial charge in [0.25, 0.3) is 0 Å². The average Bonchev–Trinajstić information content (AvgIpc) is 2.78. The summed E-state index contributed by atoms with van der Waals surface area (Å²) in [6, 6.07) is 19.5. The minimum atomic E-state index is -1.22. The Bertz CT molecular complexity index is 1040. The summed E-state index contributed by atoms with van der Waals surface area (Å²) in [6.07, 6.45) is -2.30. The Labute approximate surface area is 155 Å². The minimum absolute atomic E-state index is 0.00830. The smallest absolute Gasteiger partial charge is 0.342 e. The molecular weight excluding hydrogens is 344 g/mol. The van der Waals surface area contributed by atoms with Crippen molar-refractivity contribution < 1.29 is 24.5 Å². The molecule has 3 aromatic rings. The lowest BCUT2D eigenvalue weighted by molar-refractivity contribution is -0.0208. The zero-order valence-electron chi connectivity index (χ0n) is 14.2. The first-order valence-corrected chi connectivity index (χ1v) is 8.47. The van der Waals surface area contributed by atoms with Crippen LogP contribution in [0.15, 0.2) is 72.8 Å². The summed E-state index contributed by atoms with van der Waals surface area (Å²) in [7, 11) is 0. The van der Waals surface area contributed by atoms with Crippen molar-refractivity contribution in [3.05, 3.63) is 101 Å². The molecular formula is C22H16O5. The molecule has 0 spiro atoms. The predicted molar refractivity (Wildman–Crippen MR) is 97.5 cm³/mol. The fourth-order valence-electron chi connectivity index (χ4n) is 3.34. The lowest BCUT2D eigenvalue weighted by Crippen LogP contribution is -2.19. The predicted octanol–water partition coefficient (Wildman–Crippen LogP) is 3.57. The molecule has 0 bridgehead atoms. The summed E-state index contributed by atoms with van der Waals surface area (Å²) in [5.41, 5.74) is 1.56. The molecule has 5 heteroatoms. The monoisotopic (exact) mass is 360 g/mol. The number of esters is 1. The van der Waals surface area contributed by atoms with E-state index in [1.165, 1.54) is 12.1 Å². The number of rotatable bonds is 2. The molecule has 0 heterocycles. The molecule has 0 saturated carbocycles. The molecule has 5 nitrogen and oxygen atoms in total. The van der Waals surface area contributed by atoms with Gasteiger partial charge in [0, 0.05) is 16.7 Å². The Morgan fingerprint density at radius 3 is 2.07 bits per heavy atom. The highest BCUT2D eigenvalue weighted by Crippen LogP contribution is 2.40. The van der Waals surface area contributed by atoms with Crippen LogP contribution in [-0.2, 0) is 4.74 Å². The fourth-order valence-corrected chi connectivity index (χ4v) is 3.34. The van der Waals surface area contributed by atoms with E-state index in [0.29, 0.717) is 22.3 Å². The molecule has 2 atom stereocenters. The zero-order chi connectivity index (χ0) is 19.0. The molecule has 0 radical (unpaired) electrons. The number of benzene rings is 3. The Kier molecular flexibility index (Phi) is 4.22. The van der Waals surface area contributed by atoms with E-state index >= 15 is 0 Å². The SMILES string of the molecule is O=C(O[C@H]1c2ccccc2C(=O)c2ccccc2[C@@H]1O)c1ccccc1O. The van der Waals surface area contributed by atoms with Crippen molar-refractivity contribution in [3.63, 3.8) is 0 Å². The number of ether oxygens (including phenoxy) is 1. The normalized spacial score (nSPS) is 18.2. The average molecular weight is 360 g/mol. The highest BCUT2D eigenvalue weighted by Gasteiger charge is 2.36. The Morgan fingerprint density at radius 2 is 1.37 bits per heavy atom. The number of fused-ring (bicyclic) bond motifs is 2. The Hall–Kier alpha value is -3.44. The second-order valence-corrected chi connectivity index (χ2v) is 6.29. The quantitative estimate of drug-likeness (QED) is 0.683. The first kappa shape index (κ1) is 17.0. The van der Waals surface area contributed by atoms with Crippen molar-refractivity contribution in [2.45, 2.75) is 12.2 Å². The Balaban J connectivity index is 1.82. The lowest BCUT2D eigenvalue weighted by Gasteiger charge is -2.23. The number of phenolic OH excluding ortho intramolecular Hbond substituents is 1. The van der Waals surface area contributed by atoms with Crippen LogP contribution in [0, 0.1) is 0 Å². The van der Waals surface area contributed by atoms with Crippen LogP contribution in [-0.4, -0.2) is 22.0 Å². The van der Waals surface area contributed by atoms with Crippen LogP contribution in [0.25, 0.3) is 0 Å². The highest BCUT2D eigenvalue weighted by atomic mass is 16.6. The third-order valence-electron chi connectivity index (χ3n) is 4.68. The third kappa shape index (κ3) is 2.88. The van der Waals surface area contributed by atoms with E-state index in [1.54, 1.807) is 60.7 Å². The van der Waals surface area contributed by atoms with Gasteiger partial charge in [0.2, 0.25) is 0 Å². The molecule has 3 aromatic carbocycles. The second-order valence-electron chi connectivity index (χ2n) is 6.29. The van der Waals surface area contributed by atoms with Gasteiger partial charge >= 0.3 is 5.97 Å². The number of aromatic hydroxyl groups is 1. The van der Waals surface area contributed by atoms with Gasteiger partial charge in [0.1, 0.15) is 17.4 Å². The summed E-state index contributed by atoms with van der Waals surface area (Å²) in [6.45, 7) is 0. The first-order valence-electron chi connectivity index (χ1n) is 8.47. The molecule has 4 rings (SSSR count). The maximum absolute atomic E-state index is 12.9. The van der Waals surface area contributed by atoms with Crippen LogP contribution >= 0.6 is 0 Å². The number of hydrogen-bond acceptors (Lipinski definition) is 5. The van der Waals surface area contributed by atoms with Crippen molar-refractivity contribution >= 4 is 11.8 Å². The fraction of sp³-hybridized carbons (Fsp3) is 0.0909. The number of ketones is 1. The largest absolute Gasteiger partial charge is 0.507 e. The van der Waals surface area contributed by atoms with Crippen molar-refractivity contribution in [1.29, 1.82) is 0 Å². The highest BCUT2D eigenvalue weighted by molar-refractivity contribution is 6.11. The minimum Gasteiger partial charge on any atom is -0.507 e. The van der Waals surface area contributed by atoms with E-state index in [1.807, 2.05) is 0 Å². The zero-order valence-corrected chi connectivity index (χ0v) is 14.2. The lowest BCUT2D eigenvalue weighted by atomic mass is 9.98. The molecule has 0 aromatic heterocycles. The number of aliphatic hydroxyl groups is 1. The van der Waals surface area contributed by atoms with Crippen molar-refractivity contribution in [2.24, 2.45) is 0 Å². The van der Waals surface area contributed by atoms with E-state index in [2.05, 4.69) is 0 Å². The van der Waals surface area contributed by atoms with Gasteiger partial charge in [-0.25, -0.2) is 4.79 Å². The molecule has 0 amide bonds. The van der Waals surface area contributed by atoms with E-state index in [0.717, 1.165) is 0 Å². The molecule has 0 fully saturated rings. The van der Waals surface area contributed by atoms with E-state index < -0.39 is 18.2 Å². The van der Waals surface area contributed by atoms with Gasteiger partial charge in [-0.05, 0) is 17.7 Å². The Morgan fingerprint density at radius 1 is 0.815 bits per heavy atom. The third-order valence-corrected chi connectivity index (χ3v) is 4.68. The maximum Gasteiger partial charge on any atom is 0.342 e. The van der Waals surface area contributed by atoms with Crippen LogP contribution in [0.2, 0.25) is 0 Å². The van der Waals surface area contributed by atoms with Crippen LogP contribution in [0.4, 0.5) is 0 Å². The number of para-hydroxylation sites is 1. The molecule has 1 aliphatic rings. The summed E-state index contributed by atoms with van der Waals surface area (Å²) in [4.78, 5) is 25.6. The number of carbonyl (C=O) groups is 2. The van der Waals surface area contributed by atoms with Crippen molar-refractivity contribution in [2.75, 3.05) is 0 Å². The van der Waals surface area contributed by atoms with Crippen molar-refractivity contribution in [1.82, 2.24) is 0 Å². The molecule has 134 valence electrons. The summed E-state index contributed by atoms with van der Waals surface area (Å²) >= 11 is 0. The molecule has 0 saturated heterocycles.